The van der Waals surface area contributed by atoms with E-state index < -0.39 is 33.7 Å². The molecular formula is C20H22N2O4S. The van der Waals surface area contributed by atoms with Crippen molar-refractivity contribution < 1.29 is 18.0 Å². The summed E-state index contributed by atoms with van der Waals surface area (Å²) in [4.78, 5) is 26.4. The maximum atomic E-state index is 12.6. The third kappa shape index (κ3) is 4.54. The molecule has 1 fully saturated rings. The van der Waals surface area contributed by atoms with Gasteiger partial charge in [-0.3, -0.25) is 9.59 Å². The molecule has 0 radical (unpaired) electrons. The number of likely N-dealkylation sites (N-methyl/N-ethyl adjacent to an activating group) is 1. The van der Waals surface area contributed by atoms with Crippen molar-refractivity contribution in [3.63, 3.8) is 0 Å². The topological polar surface area (TPSA) is 83.6 Å². The molecule has 1 heterocycles. The van der Waals surface area contributed by atoms with Crippen molar-refractivity contribution in [2.45, 2.75) is 18.5 Å². The van der Waals surface area contributed by atoms with Crippen molar-refractivity contribution in [2.75, 3.05) is 18.6 Å². The van der Waals surface area contributed by atoms with Crippen molar-refractivity contribution in [3.05, 3.63) is 71.8 Å². The van der Waals surface area contributed by atoms with Crippen LogP contribution in [0.4, 0.5) is 0 Å². The van der Waals surface area contributed by atoms with E-state index in [0.29, 0.717) is 6.42 Å². The minimum atomic E-state index is -3.13. The lowest BCUT2D eigenvalue weighted by Gasteiger charge is -2.25. The fraction of sp³-hybridized carbons (Fsp3) is 0.300. The lowest BCUT2D eigenvalue weighted by Crippen LogP contribution is -2.47. The molecule has 1 aliphatic heterocycles. The molecule has 2 amide bonds. The highest BCUT2D eigenvalue weighted by atomic mass is 32.2. The van der Waals surface area contributed by atoms with Crippen molar-refractivity contribution in [3.8, 4) is 0 Å². The molecule has 1 N–H and O–H groups in total. The molecule has 0 bridgehead atoms. The number of hydrogen-bond acceptors (Lipinski definition) is 4. The summed E-state index contributed by atoms with van der Waals surface area (Å²) in [6, 6.07) is 17.9. The Labute approximate surface area is 159 Å². The first-order chi connectivity index (χ1) is 12.9. The summed E-state index contributed by atoms with van der Waals surface area (Å²) in [5.74, 6) is -1.52. The SMILES string of the molecule is CN(C(=O)C(=O)NC(c1ccccc1)c1ccccc1)C1CCS(=O)(=O)C1. The van der Waals surface area contributed by atoms with E-state index in [9.17, 15) is 18.0 Å². The van der Waals surface area contributed by atoms with Gasteiger partial charge in [0.1, 0.15) is 0 Å². The van der Waals surface area contributed by atoms with Gasteiger partial charge >= 0.3 is 11.8 Å². The van der Waals surface area contributed by atoms with Gasteiger partial charge in [0.15, 0.2) is 9.84 Å². The van der Waals surface area contributed by atoms with Gasteiger partial charge in [-0.05, 0) is 17.5 Å². The standard InChI is InChI=1S/C20H22N2O4S/c1-22(17-12-13-27(25,26)14-17)20(24)19(23)21-18(15-8-4-2-5-9-15)16-10-6-3-7-11-16/h2-11,17-18H,12-14H2,1H3,(H,21,23). The van der Waals surface area contributed by atoms with Crippen molar-refractivity contribution in [1.29, 1.82) is 0 Å². The van der Waals surface area contributed by atoms with E-state index in [2.05, 4.69) is 5.32 Å². The maximum Gasteiger partial charge on any atom is 0.311 e. The summed E-state index contributed by atoms with van der Waals surface area (Å²) in [6.07, 6.45) is 0.360. The monoisotopic (exact) mass is 386 g/mol. The minimum absolute atomic E-state index is 0.0492. The Kier molecular flexibility index (Phi) is 5.60. The van der Waals surface area contributed by atoms with Gasteiger partial charge in [0.05, 0.1) is 17.5 Å². The number of sulfone groups is 1. The molecule has 0 aliphatic carbocycles. The van der Waals surface area contributed by atoms with Gasteiger partial charge in [-0.2, -0.15) is 0 Å². The zero-order valence-electron chi connectivity index (χ0n) is 15.0. The highest BCUT2D eigenvalue weighted by molar-refractivity contribution is 7.91. The van der Waals surface area contributed by atoms with E-state index in [-0.39, 0.29) is 11.5 Å². The average molecular weight is 386 g/mol. The second-order valence-corrected chi connectivity index (χ2v) is 8.93. The van der Waals surface area contributed by atoms with Crippen LogP contribution in [0.15, 0.2) is 60.7 Å². The first-order valence-corrected chi connectivity index (χ1v) is 10.6. The Balaban J connectivity index is 1.77. The second-order valence-electron chi connectivity index (χ2n) is 6.70. The zero-order chi connectivity index (χ0) is 19.4. The number of rotatable bonds is 4. The van der Waals surface area contributed by atoms with E-state index in [1.807, 2.05) is 60.7 Å². The largest absolute Gasteiger partial charge is 0.337 e. The zero-order valence-corrected chi connectivity index (χ0v) is 15.9. The highest BCUT2D eigenvalue weighted by Gasteiger charge is 2.35. The Hall–Kier alpha value is -2.67. The Morgan fingerprint density at radius 3 is 1.96 bits per heavy atom. The lowest BCUT2D eigenvalue weighted by molar-refractivity contribution is -0.146. The first-order valence-electron chi connectivity index (χ1n) is 8.75. The summed E-state index contributed by atoms with van der Waals surface area (Å²) in [5.41, 5.74) is 1.71. The van der Waals surface area contributed by atoms with Gasteiger partial charge in [0.25, 0.3) is 0 Å². The van der Waals surface area contributed by atoms with Crippen LogP contribution < -0.4 is 5.32 Å². The molecule has 2 aromatic carbocycles. The molecule has 6 nitrogen and oxygen atoms in total. The summed E-state index contributed by atoms with van der Waals surface area (Å²) in [7, 11) is -1.65. The quantitative estimate of drug-likeness (QED) is 0.808. The Bertz CT molecular complexity index is 874. The van der Waals surface area contributed by atoms with Gasteiger partial charge in [0.2, 0.25) is 0 Å². The third-order valence-corrected chi connectivity index (χ3v) is 6.56. The molecule has 142 valence electrons. The van der Waals surface area contributed by atoms with Gasteiger partial charge in [-0.15, -0.1) is 0 Å². The maximum absolute atomic E-state index is 12.6. The van der Waals surface area contributed by atoms with Gasteiger partial charge in [-0.25, -0.2) is 8.42 Å². The molecular weight excluding hydrogens is 364 g/mol. The molecule has 2 aromatic rings. The Morgan fingerprint density at radius 1 is 1.00 bits per heavy atom. The van der Waals surface area contributed by atoms with Crippen LogP contribution in [0.5, 0.6) is 0 Å². The third-order valence-electron chi connectivity index (χ3n) is 4.81. The number of amides is 2. The smallest absolute Gasteiger partial charge is 0.311 e. The lowest BCUT2D eigenvalue weighted by atomic mass is 9.98. The number of hydrogen-bond donors (Lipinski definition) is 1. The normalized spacial score (nSPS) is 18.2. The highest BCUT2D eigenvalue weighted by Crippen LogP contribution is 2.22. The second kappa shape index (κ2) is 7.92. The predicted molar refractivity (Wildman–Crippen MR) is 103 cm³/mol. The molecule has 1 unspecified atom stereocenters. The van der Waals surface area contributed by atoms with Crippen LogP contribution in [0, 0.1) is 0 Å². The number of carbonyl (C=O) groups excluding carboxylic acids is 2. The summed E-state index contributed by atoms with van der Waals surface area (Å²) in [6.45, 7) is 0. The minimum Gasteiger partial charge on any atom is -0.337 e. The average Bonchev–Trinajstić information content (AvgIpc) is 3.06. The fourth-order valence-electron chi connectivity index (χ4n) is 3.25. The summed E-state index contributed by atoms with van der Waals surface area (Å²) >= 11 is 0. The first kappa shape index (κ1) is 19.1. The number of carbonyl (C=O) groups is 2. The number of nitrogens with one attached hydrogen (secondary N) is 1. The van der Waals surface area contributed by atoms with Crippen LogP contribution in [0.25, 0.3) is 0 Å². The van der Waals surface area contributed by atoms with E-state index in [0.717, 1.165) is 11.1 Å². The van der Waals surface area contributed by atoms with Gasteiger partial charge in [0, 0.05) is 13.1 Å². The molecule has 27 heavy (non-hydrogen) atoms. The molecule has 1 saturated heterocycles. The predicted octanol–water partition coefficient (Wildman–Crippen LogP) is 1.54. The number of benzene rings is 2. The molecule has 1 atom stereocenters. The number of nitrogens with zero attached hydrogens (tertiary/aromatic N) is 1. The fourth-order valence-corrected chi connectivity index (χ4v) is 5.02. The van der Waals surface area contributed by atoms with Gasteiger partial charge < -0.3 is 10.2 Å². The van der Waals surface area contributed by atoms with Crippen molar-refractivity contribution in [1.82, 2.24) is 10.2 Å². The molecule has 0 spiro atoms. The molecule has 0 saturated carbocycles. The van der Waals surface area contributed by atoms with Crippen LogP contribution in [0.1, 0.15) is 23.6 Å². The molecule has 0 aromatic heterocycles. The van der Waals surface area contributed by atoms with E-state index in [1.165, 1.54) is 11.9 Å². The molecule has 3 rings (SSSR count). The Morgan fingerprint density at radius 2 is 1.52 bits per heavy atom. The molecule has 7 heteroatoms. The van der Waals surface area contributed by atoms with Crippen LogP contribution in [-0.4, -0.2) is 49.7 Å². The van der Waals surface area contributed by atoms with E-state index in [1.54, 1.807) is 0 Å². The van der Waals surface area contributed by atoms with Crippen molar-refractivity contribution in [2.24, 2.45) is 0 Å². The van der Waals surface area contributed by atoms with Gasteiger partial charge in [-0.1, -0.05) is 60.7 Å². The molecule has 1 aliphatic rings. The summed E-state index contributed by atoms with van der Waals surface area (Å²) < 4.78 is 23.3. The van der Waals surface area contributed by atoms with Crippen LogP contribution in [0.3, 0.4) is 0 Å². The van der Waals surface area contributed by atoms with Crippen LogP contribution in [0.2, 0.25) is 0 Å². The summed E-state index contributed by atoms with van der Waals surface area (Å²) in [5, 5.41) is 2.79. The van der Waals surface area contributed by atoms with Crippen LogP contribution >= 0.6 is 0 Å². The van der Waals surface area contributed by atoms with E-state index >= 15 is 0 Å². The van der Waals surface area contributed by atoms with Crippen molar-refractivity contribution >= 4 is 21.7 Å². The van der Waals surface area contributed by atoms with Crippen LogP contribution in [-0.2, 0) is 19.4 Å². The van der Waals surface area contributed by atoms with E-state index in [4.69, 9.17) is 0 Å².